The first-order chi connectivity index (χ1) is 12.4. The molecule has 0 bridgehead atoms. The number of piperidine rings is 1. The lowest BCUT2D eigenvalue weighted by molar-refractivity contribution is 0.0712. The fourth-order valence-electron chi connectivity index (χ4n) is 3.20. The van der Waals surface area contributed by atoms with Crippen molar-refractivity contribution in [3.63, 3.8) is 0 Å². The van der Waals surface area contributed by atoms with E-state index in [9.17, 15) is 9.59 Å². The molecule has 0 aliphatic carbocycles. The number of nitrogens with zero attached hydrogens (tertiary/aromatic N) is 2. The third-order valence-corrected chi connectivity index (χ3v) is 4.55. The van der Waals surface area contributed by atoms with Crippen LogP contribution in [0.15, 0.2) is 30.3 Å². The molecular weight excluding hydrogens is 332 g/mol. The van der Waals surface area contributed by atoms with Crippen molar-refractivity contribution in [2.24, 2.45) is 5.73 Å². The topological polar surface area (TPSA) is 101 Å². The van der Waals surface area contributed by atoms with E-state index < -0.39 is 5.91 Å². The first-order valence-corrected chi connectivity index (χ1v) is 8.85. The maximum Gasteiger partial charge on any atom is 0.269 e. The number of aromatic amines is 1. The van der Waals surface area contributed by atoms with Crippen LogP contribution >= 0.6 is 0 Å². The van der Waals surface area contributed by atoms with Crippen molar-refractivity contribution < 1.29 is 14.3 Å². The van der Waals surface area contributed by atoms with Crippen LogP contribution in [0.2, 0.25) is 0 Å². The molecule has 1 aromatic heterocycles. The number of carbonyl (C=O) groups excluding carboxylic acids is 2. The number of rotatable bonds is 5. The van der Waals surface area contributed by atoms with Crippen LogP contribution in [-0.2, 0) is 0 Å². The summed E-state index contributed by atoms with van der Waals surface area (Å²) in [6.07, 6.45) is 1.74. The van der Waals surface area contributed by atoms with Gasteiger partial charge >= 0.3 is 0 Å². The maximum absolute atomic E-state index is 12.7. The summed E-state index contributed by atoms with van der Waals surface area (Å²) in [6.45, 7) is 5.27. The van der Waals surface area contributed by atoms with Gasteiger partial charge in [0.2, 0.25) is 0 Å². The van der Waals surface area contributed by atoms with Crippen LogP contribution in [0.4, 0.5) is 0 Å². The lowest BCUT2D eigenvalue weighted by Gasteiger charge is -2.31. The molecule has 1 aromatic carbocycles. The van der Waals surface area contributed by atoms with Gasteiger partial charge in [0.25, 0.3) is 11.8 Å². The van der Waals surface area contributed by atoms with Gasteiger partial charge in [-0.1, -0.05) is 0 Å². The molecule has 2 amide bonds. The smallest absolute Gasteiger partial charge is 0.269 e. The number of carbonyl (C=O) groups is 2. The molecule has 26 heavy (non-hydrogen) atoms. The van der Waals surface area contributed by atoms with Crippen molar-refractivity contribution in [1.82, 2.24) is 15.1 Å². The first kappa shape index (κ1) is 18.0. The van der Waals surface area contributed by atoms with E-state index in [4.69, 9.17) is 10.5 Å². The zero-order valence-electron chi connectivity index (χ0n) is 15.1. The number of aromatic nitrogens is 2. The van der Waals surface area contributed by atoms with Crippen LogP contribution in [0.1, 0.15) is 59.1 Å². The van der Waals surface area contributed by atoms with E-state index in [-0.39, 0.29) is 23.6 Å². The minimum Gasteiger partial charge on any atom is -0.491 e. The second kappa shape index (κ2) is 7.59. The molecular formula is C19H24N4O3. The summed E-state index contributed by atoms with van der Waals surface area (Å²) in [4.78, 5) is 25.7. The van der Waals surface area contributed by atoms with Crippen LogP contribution < -0.4 is 10.5 Å². The van der Waals surface area contributed by atoms with Gasteiger partial charge in [-0.05, 0) is 57.0 Å². The van der Waals surface area contributed by atoms with Gasteiger partial charge in [-0.15, -0.1) is 0 Å². The Morgan fingerprint density at radius 2 is 1.88 bits per heavy atom. The van der Waals surface area contributed by atoms with E-state index in [0.717, 1.165) is 24.3 Å². The summed E-state index contributed by atoms with van der Waals surface area (Å²) < 4.78 is 5.61. The van der Waals surface area contributed by atoms with Gasteiger partial charge < -0.3 is 15.4 Å². The number of ether oxygens (including phenoxy) is 1. The lowest BCUT2D eigenvalue weighted by atomic mass is 9.93. The summed E-state index contributed by atoms with van der Waals surface area (Å²) in [5.41, 5.74) is 7.06. The number of hydrogen-bond acceptors (Lipinski definition) is 4. The monoisotopic (exact) mass is 356 g/mol. The standard InChI is InChI=1S/C19H24N4O3/c1-12(2)26-15-5-3-14(4-6-15)19(25)23-9-7-13(8-10-23)16-11-17(18(20)24)22-21-16/h3-6,11-13H,7-10H2,1-2H3,(H2,20,24)(H,21,22). The second-order valence-electron chi connectivity index (χ2n) is 6.83. The molecule has 138 valence electrons. The molecule has 0 unspecified atom stereocenters. The summed E-state index contributed by atoms with van der Waals surface area (Å²) in [7, 11) is 0. The summed E-state index contributed by atoms with van der Waals surface area (Å²) in [5, 5.41) is 6.82. The van der Waals surface area contributed by atoms with Crippen molar-refractivity contribution in [3.05, 3.63) is 47.3 Å². The van der Waals surface area contributed by atoms with Crippen LogP contribution in [-0.4, -0.2) is 46.1 Å². The first-order valence-electron chi connectivity index (χ1n) is 8.85. The molecule has 0 radical (unpaired) electrons. The van der Waals surface area contributed by atoms with Gasteiger partial charge in [0.05, 0.1) is 6.10 Å². The molecule has 1 aliphatic heterocycles. The molecule has 0 atom stereocenters. The highest BCUT2D eigenvalue weighted by Crippen LogP contribution is 2.28. The highest BCUT2D eigenvalue weighted by atomic mass is 16.5. The molecule has 3 N–H and O–H groups in total. The number of benzene rings is 1. The maximum atomic E-state index is 12.7. The number of hydrogen-bond donors (Lipinski definition) is 2. The third kappa shape index (κ3) is 4.04. The molecule has 7 heteroatoms. The van der Waals surface area contributed by atoms with Crippen molar-refractivity contribution in [2.45, 2.75) is 38.7 Å². The van der Waals surface area contributed by atoms with E-state index in [1.807, 2.05) is 30.9 Å². The minimum absolute atomic E-state index is 0.0296. The number of likely N-dealkylation sites (tertiary alicyclic amines) is 1. The Kier molecular flexibility index (Phi) is 5.25. The number of nitrogens with one attached hydrogen (secondary N) is 1. The average molecular weight is 356 g/mol. The molecule has 0 saturated carbocycles. The molecule has 1 aliphatic rings. The van der Waals surface area contributed by atoms with Crippen molar-refractivity contribution in [3.8, 4) is 5.75 Å². The number of primary amides is 1. The molecule has 1 saturated heterocycles. The summed E-state index contributed by atoms with van der Waals surface area (Å²) >= 11 is 0. The molecule has 2 aromatic rings. The quantitative estimate of drug-likeness (QED) is 0.858. The Bertz CT molecular complexity index is 774. The van der Waals surface area contributed by atoms with Crippen molar-refractivity contribution >= 4 is 11.8 Å². The van der Waals surface area contributed by atoms with Gasteiger partial charge in [-0.3, -0.25) is 14.7 Å². The van der Waals surface area contributed by atoms with E-state index in [0.29, 0.717) is 18.7 Å². The SMILES string of the molecule is CC(C)Oc1ccc(C(=O)N2CCC(c3cc(C(N)=O)n[nH]3)CC2)cc1. The van der Waals surface area contributed by atoms with Gasteiger partial charge in [0, 0.05) is 30.3 Å². The van der Waals surface area contributed by atoms with Crippen LogP contribution in [0, 0.1) is 0 Å². The zero-order valence-corrected chi connectivity index (χ0v) is 15.1. The van der Waals surface area contributed by atoms with E-state index in [2.05, 4.69) is 10.2 Å². The lowest BCUT2D eigenvalue weighted by Crippen LogP contribution is -2.38. The summed E-state index contributed by atoms with van der Waals surface area (Å²) in [5.74, 6) is 0.508. The highest BCUT2D eigenvalue weighted by molar-refractivity contribution is 5.94. The van der Waals surface area contributed by atoms with E-state index >= 15 is 0 Å². The Morgan fingerprint density at radius 3 is 2.42 bits per heavy atom. The highest BCUT2D eigenvalue weighted by Gasteiger charge is 2.26. The zero-order chi connectivity index (χ0) is 18.7. The van der Waals surface area contributed by atoms with Gasteiger partial charge in [0.1, 0.15) is 11.4 Å². The minimum atomic E-state index is -0.537. The van der Waals surface area contributed by atoms with Crippen LogP contribution in [0.25, 0.3) is 0 Å². The van der Waals surface area contributed by atoms with Gasteiger partial charge in [0.15, 0.2) is 0 Å². The molecule has 7 nitrogen and oxygen atoms in total. The Hall–Kier alpha value is -2.83. The predicted octanol–water partition coefficient (Wildman–Crippen LogP) is 2.32. The molecule has 2 heterocycles. The van der Waals surface area contributed by atoms with Crippen LogP contribution in [0.3, 0.4) is 0 Å². The molecule has 3 rings (SSSR count). The predicted molar refractivity (Wildman–Crippen MR) is 97.2 cm³/mol. The van der Waals surface area contributed by atoms with Crippen molar-refractivity contribution in [2.75, 3.05) is 13.1 Å². The van der Waals surface area contributed by atoms with Gasteiger partial charge in [-0.2, -0.15) is 5.10 Å². The number of nitrogens with two attached hydrogens (primary N) is 1. The fraction of sp³-hybridized carbons (Fsp3) is 0.421. The number of H-pyrrole nitrogens is 1. The third-order valence-electron chi connectivity index (χ3n) is 4.55. The van der Waals surface area contributed by atoms with Crippen LogP contribution in [0.5, 0.6) is 5.75 Å². The Labute approximate surface area is 152 Å². The van der Waals surface area contributed by atoms with E-state index in [1.54, 1.807) is 18.2 Å². The Balaban J connectivity index is 1.58. The van der Waals surface area contributed by atoms with Crippen molar-refractivity contribution in [1.29, 1.82) is 0 Å². The second-order valence-corrected chi connectivity index (χ2v) is 6.83. The molecule has 1 fully saturated rings. The summed E-state index contributed by atoms with van der Waals surface area (Å²) in [6, 6.07) is 8.98. The normalized spacial score (nSPS) is 15.3. The fourth-order valence-corrected chi connectivity index (χ4v) is 3.20. The van der Waals surface area contributed by atoms with E-state index in [1.165, 1.54) is 0 Å². The molecule has 0 spiro atoms. The Morgan fingerprint density at radius 1 is 1.23 bits per heavy atom. The average Bonchev–Trinajstić information content (AvgIpc) is 3.12. The largest absolute Gasteiger partial charge is 0.491 e. The van der Waals surface area contributed by atoms with Gasteiger partial charge in [-0.25, -0.2) is 0 Å². The number of amides is 2.